The number of nitrogens with one attached hydrogen (secondary N) is 1. The Morgan fingerprint density at radius 1 is 0.933 bits per heavy atom. The summed E-state index contributed by atoms with van der Waals surface area (Å²) in [4.78, 5) is 12.6. The highest BCUT2D eigenvalue weighted by molar-refractivity contribution is 7.88. The number of nitrogens with zero attached hydrogens (tertiary/aromatic N) is 1. The number of hydrogen-bond donors (Lipinski definition) is 1. The van der Waals surface area contributed by atoms with Gasteiger partial charge in [-0.1, -0.05) is 64.1 Å². The van der Waals surface area contributed by atoms with Crippen molar-refractivity contribution in [2.45, 2.75) is 18.6 Å². The molecule has 0 bridgehead atoms. The SMILES string of the molecule is O=C(Nc1cc(Cl)c(Cl)cc1Cl)C1CCN(S(=O)(=O)Cc2c(Cl)cccc2Cl)CC1. The van der Waals surface area contributed by atoms with Gasteiger partial charge in [0.05, 0.1) is 26.5 Å². The quantitative estimate of drug-likeness (QED) is 0.473. The minimum absolute atomic E-state index is 0.220. The van der Waals surface area contributed by atoms with Gasteiger partial charge in [0, 0.05) is 34.6 Å². The molecule has 0 aliphatic carbocycles. The third-order valence-corrected chi connectivity index (χ3v) is 8.42. The fourth-order valence-electron chi connectivity index (χ4n) is 3.19. The second-order valence-electron chi connectivity index (χ2n) is 6.87. The molecule has 1 N–H and O–H groups in total. The normalized spacial score (nSPS) is 15.9. The van der Waals surface area contributed by atoms with Crippen LogP contribution in [-0.4, -0.2) is 31.7 Å². The lowest BCUT2D eigenvalue weighted by molar-refractivity contribution is -0.120. The van der Waals surface area contributed by atoms with Crippen LogP contribution in [0.3, 0.4) is 0 Å². The highest BCUT2D eigenvalue weighted by Crippen LogP contribution is 2.33. The van der Waals surface area contributed by atoms with E-state index < -0.39 is 10.0 Å². The summed E-state index contributed by atoms with van der Waals surface area (Å²) in [7, 11) is -3.63. The minimum atomic E-state index is -3.63. The molecule has 3 rings (SSSR count). The number of anilines is 1. The predicted octanol–water partition coefficient (Wildman–Crippen LogP) is 6.13. The largest absolute Gasteiger partial charge is 0.324 e. The Bertz CT molecular complexity index is 1050. The van der Waals surface area contributed by atoms with Gasteiger partial charge in [0.25, 0.3) is 0 Å². The molecule has 1 aliphatic heterocycles. The van der Waals surface area contributed by atoms with E-state index in [1.165, 1.54) is 16.4 Å². The van der Waals surface area contributed by atoms with Gasteiger partial charge in [0.1, 0.15) is 0 Å². The zero-order valence-electron chi connectivity index (χ0n) is 15.5. The maximum Gasteiger partial charge on any atom is 0.227 e. The first-order valence-electron chi connectivity index (χ1n) is 8.94. The monoisotopic (exact) mass is 528 g/mol. The lowest BCUT2D eigenvalue weighted by Crippen LogP contribution is -2.42. The zero-order chi connectivity index (χ0) is 22.1. The number of sulfonamides is 1. The maximum atomic E-state index is 12.8. The number of carbonyl (C=O) groups excluding carboxylic acids is 1. The van der Waals surface area contributed by atoms with Gasteiger partial charge in [-0.25, -0.2) is 12.7 Å². The van der Waals surface area contributed by atoms with E-state index in [-0.39, 0.29) is 45.7 Å². The van der Waals surface area contributed by atoms with Crippen LogP contribution in [0.4, 0.5) is 5.69 Å². The second kappa shape index (κ2) is 9.82. The third-order valence-electron chi connectivity index (χ3n) is 4.87. The van der Waals surface area contributed by atoms with Gasteiger partial charge in [-0.05, 0) is 37.1 Å². The first-order valence-corrected chi connectivity index (χ1v) is 12.4. The molecule has 1 amide bonds. The van der Waals surface area contributed by atoms with Crippen molar-refractivity contribution in [1.29, 1.82) is 0 Å². The highest BCUT2D eigenvalue weighted by atomic mass is 35.5. The van der Waals surface area contributed by atoms with Crippen LogP contribution in [0.2, 0.25) is 25.1 Å². The Morgan fingerprint density at radius 2 is 1.50 bits per heavy atom. The Kier molecular flexibility index (Phi) is 7.83. The van der Waals surface area contributed by atoms with Crippen LogP contribution in [0.5, 0.6) is 0 Å². The van der Waals surface area contributed by atoms with E-state index in [9.17, 15) is 13.2 Å². The van der Waals surface area contributed by atoms with Crippen molar-refractivity contribution in [3.8, 4) is 0 Å². The highest BCUT2D eigenvalue weighted by Gasteiger charge is 2.32. The molecule has 1 saturated heterocycles. The van der Waals surface area contributed by atoms with Crippen molar-refractivity contribution in [3.05, 3.63) is 61.0 Å². The van der Waals surface area contributed by atoms with E-state index in [2.05, 4.69) is 5.32 Å². The summed E-state index contributed by atoms with van der Waals surface area (Å²) in [5.74, 6) is -0.895. The van der Waals surface area contributed by atoms with Crippen molar-refractivity contribution in [3.63, 3.8) is 0 Å². The topological polar surface area (TPSA) is 66.5 Å². The average Bonchev–Trinajstić information content (AvgIpc) is 2.69. The fraction of sp³-hybridized carbons (Fsp3) is 0.316. The van der Waals surface area contributed by atoms with Gasteiger partial charge in [0.15, 0.2) is 0 Å². The van der Waals surface area contributed by atoms with E-state index in [1.54, 1.807) is 18.2 Å². The summed E-state index contributed by atoms with van der Waals surface area (Å²) in [5.41, 5.74) is 0.731. The van der Waals surface area contributed by atoms with Gasteiger partial charge in [-0.2, -0.15) is 0 Å². The second-order valence-corrected chi connectivity index (χ2v) is 10.9. The molecule has 0 atom stereocenters. The molecule has 1 heterocycles. The minimum Gasteiger partial charge on any atom is -0.324 e. The smallest absolute Gasteiger partial charge is 0.227 e. The summed E-state index contributed by atoms with van der Waals surface area (Å²) >= 11 is 30.2. The van der Waals surface area contributed by atoms with E-state index in [1.807, 2.05) is 0 Å². The van der Waals surface area contributed by atoms with Gasteiger partial charge in [-0.15, -0.1) is 0 Å². The summed E-state index contributed by atoms with van der Waals surface area (Å²) in [6.45, 7) is 0.440. The molecule has 0 radical (unpaired) electrons. The summed E-state index contributed by atoms with van der Waals surface area (Å²) in [6, 6.07) is 7.80. The number of halogens is 5. The summed E-state index contributed by atoms with van der Waals surface area (Å²) < 4.78 is 27.0. The zero-order valence-corrected chi connectivity index (χ0v) is 20.1. The van der Waals surface area contributed by atoms with Crippen molar-refractivity contribution < 1.29 is 13.2 Å². The third kappa shape index (κ3) is 5.54. The Labute approximate surface area is 200 Å². The number of amides is 1. The van der Waals surface area contributed by atoms with E-state index in [0.29, 0.717) is 34.1 Å². The summed E-state index contributed by atoms with van der Waals surface area (Å²) in [6.07, 6.45) is 0.751. The molecule has 30 heavy (non-hydrogen) atoms. The Morgan fingerprint density at radius 3 is 2.10 bits per heavy atom. The van der Waals surface area contributed by atoms with Gasteiger partial charge < -0.3 is 5.32 Å². The molecule has 162 valence electrons. The van der Waals surface area contributed by atoms with Crippen molar-refractivity contribution in [2.75, 3.05) is 18.4 Å². The van der Waals surface area contributed by atoms with E-state index >= 15 is 0 Å². The van der Waals surface area contributed by atoms with Gasteiger partial charge in [-0.3, -0.25) is 4.79 Å². The predicted molar refractivity (Wildman–Crippen MR) is 123 cm³/mol. The molecule has 0 unspecified atom stereocenters. The number of benzene rings is 2. The van der Waals surface area contributed by atoms with Crippen LogP contribution in [0, 0.1) is 5.92 Å². The lowest BCUT2D eigenvalue weighted by atomic mass is 9.97. The van der Waals surface area contributed by atoms with Crippen LogP contribution in [0.25, 0.3) is 0 Å². The molecule has 0 spiro atoms. The Balaban J connectivity index is 1.63. The molecule has 1 fully saturated rings. The van der Waals surface area contributed by atoms with Crippen LogP contribution in [0.1, 0.15) is 18.4 Å². The van der Waals surface area contributed by atoms with Crippen molar-refractivity contribution >= 4 is 79.6 Å². The molecule has 0 saturated carbocycles. The number of piperidine rings is 1. The van der Waals surface area contributed by atoms with Crippen molar-refractivity contribution in [1.82, 2.24) is 4.31 Å². The average molecular weight is 531 g/mol. The maximum absolute atomic E-state index is 12.8. The molecule has 1 aliphatic rings. The first kappa shape index (κ1) is 23.9. The number of carbonyl (C=O) groups is 1. The molecule has 5 nitrogen and oxygen atoms in total. The molecular weight excluding hydrogens is 514 g/mol. The fourth-order valence-corrected chi connectivity index (χ4v) is 6.10. The van der Waals surface area contributed by atoms with Crippen LogP contribution in [0.15, 0.2) is 30.3 Å². The molecule has 11 heteroatoms. The Hall–Kier alpha value is -0.730. The van der Waals surface area contributed by atoms with E-state index in [0.717, 1.165) is 0 Å². The van der Waals surface area contributed by atoms with Gasteiger partial charge >= 0.3 is 0 Å². The van der Waals surface area contributed by atoms with Crippen molar-refractivity contribution in [2.24, 2.45) is 5.92 Å². The number of hydrogen-bond acceptors (Lipinski definition) is 3. The standard InChI is InChI=1S/C19H17Cl5N2O3S/c20-13-2-1-3-14(21)12(13)10-30(28,29)26-6-4-11(5-7-26)19(27)25-18-9-16(23)15(22)8-17(18)24/h1-3,8-9,11H,4-7,10H2,(H,25,27). The van der Waals surface area contributed by atoms with Gasteiger partial charge in [0.2, 0.25) is 15.9 Å². The van der Waals surface area contributed by atoms with E-state index in [4.69, 9.17) is 58.0 Å². The van der Waals surface area contributed by atoms with Crippen LogP contribution >= 0.6 is 58.0 Å². The summed E-state index contributed by atoms with van der Waals surface area (Å²) in [5, 5.41) is 4.18. The lowest BCUT2D eigenvalue weighted by Gasteiger charge is -2.30. The molecule has 0 aromatic heterocycles. The van der Waals surface area contributed by atoms with Crippen LogP contribution < -0.4 is 5.32 Å². The number of rotatable bonds is 5. The molecule has 2 aromatic rings. The molecule has 2 aromatic carbocycles. The van der Waals surface area contributed by atoms with Crippen LogP contribution in [-0.2, 0) is 20.6 Å². The first-order chi connectivity index (χ1) is 14.1. The molecular formula is C19H17Cl5N2O3S.